The molecule has 0 radical (unpaired) electrons. The monoisotopic (exact) mass is 413 g/mol. The first-order chi connectivity index (χ1) is 14.8. The van der Waals surface area contributed by atoms with E-state index in [2.05, 4.69) is 63.4 Å². The lowest BCUT2D eigenvalue weighted by Crippen LogP contribution is -2.29. The molecule has 0 unspecified atom stereocenters. The molecule has 4 nitrogen and oxygen atoms in total. The van der Waals surface area contributed by atoms with Crippen LogP contribution in [0.1, 0.15) is 33.8 Å². The third kappa shape index (κ3) is 5.44. The summed E-state index contributed by atoms with van der Waals surface area (Å²) in [4.78, 5) is 19.5. The number of hydrogen-bond donors (Lipinski definition) is 1. The number of nitrogens with one attached hydrogen (secondary N) is 1. The van der Waals surface area contributed by atoms with Crippen LogP contribution in [0.3, 0.4) is 0 Å². The van der Waals surface area contributed by atoms with E-state index < -0.39 is 0 Å². The van der Waals surface area contributed by atoms with Crippen molar-refractivity contribution in [3.8, 4) is 11.8 Å². The summed E-state index contributed by atoms with van der Waals surface area (Å²) in [6, 6.07) is 17.9. The molecule has 0 fully saturated rings. The van der Waals surface area contributed by atoms with E-state index in [0.717, 1.165) is 32.5 Å². The Bertz CT molecular complexity index is 1060. The van der Waals surface area contributed by atoms with Gasteiger partial charge in [-0.05, 0) is 47.1 Å². The number of carbonyl (C=O) groups excluding carboxylic acids is 1. The van der Waals surface area contributed by atoms with Gasteiger partial charge in [-0.1, -0.05) is 48.4 Å². The van der Waals surface area contributed by atoms with Gasteiger partial charge in [0.15, 0.2) is 0 Å². The number of rotatable bonds is 5. The Labute approximate surface area is 181 Å². The van der Waals surface area contributed by atoms with Crippen molar-refractivity contribution >= 4 is 28.5 Å². The number of amides is 1. The first-order valence-corrected chi connectivity index (χ1v) is 10.9. The van der Waals surface area contributed by atoms with E-state index >= 15 is 0 Å². The number of hydrogen-bond acceptors (Lipinski definition) is 4. The molecule has 1 amide bonds. The third-order valence-electron chi connectivity index (χ3n) is 4.97. The van der Waals surface area contributed by atoms with Crippen LogP contribution < -0.4 is 5.32 Å². The predicted octanol–water partition coefficient (Wildman–Crippen LogP) is 4.93. The van der Waals surface area contributed by atoms with Gasteiger partial charge in [0.1, 0.15) is 5.69 Å². The molecule has 0 saturated carbocycles. The number of thiophene rings is 1. The molecule has 3 heterocycles. The summed E-state index contributed by atoms with van der Waals surface area (Å²) < 4.78 is 0. The van der Waals surface area contributed by atoms with E-state index in [1.54, 1.807) is 12.3 Å². The molecule has 150 valence electrons. The molecule has 5 heteroatoms. The number of pyridine rings is 1. The fourth-order valence-electron chi connectivity index (χ4n) is 3.34. The SMILES string of the molecule is O=C(Nc1ccc(C#CCCN2CC=C(c3ccccc3)CC2)nc1)c1cccs1. The zero-order chi connectivity index (χ0) is 20.6. The molecule has 1 N–H and O–H groups in total. The highest BCUT2D eigenvalue weighted by Gasteiger charge is 2.12. The zero-order valence-electron chi connectivity index (χ0n) is 16.7. The first kappa shape index (κ1) is 20.1. The van der Waals surface area contributed by atoms with Crippen molar-refractivity contribution in [1.82, 2.24) is 9.88 Å². The number of anilines is 1. The van der Waals surface area contributed by atoms with Crippen molar-refractivity contribution in [3.05, 3.63) is 88.4 Å². The molecule has 0 spiro atoms. The molecule has 2 aromatic heterocycles. The highest BCUT2D eigenvalue weighted by molar-refractivity contribution is 7.12. The lowest BCUT2D eigenvalue weighted by Gasteiger charge is -2.25. The predicted molar refractivity (Wildman–Crippen MR) is 123 cm³/mol. The van der Waals surface area contributed by atoms with Crippen molar-refractivity contribution in [1.29, 1.82) is 0 Å². The Hall–Kier alpha value is -3.20. The Morgan fingerprint density at radius 3 is 2.73 bits per heavy atom. The minimum atomic E-state index is -0.114. The number of aromatic nitrogens is 1. The molecule has 3 aromatic rings. The summed E-state index contributed by atoms with van der Waals surface area (Å²) in [5.41, 5.74) is 4.16. The van der Waals surface area contributed by atoms with Gasteiger partial charge >= 0.3 is 0 Å². The fourth-order valence-corrected chi connectivity index (χ4v) is 3.96. The minimum absolute atomic E-state index is 0.114. The normalized spacial score (nSPS) is 13.8. The molecule has 0 atom stereocenters. The van der Waals surface area contributed by atoms with Crippen LogP contribution in [0.5, 0.6) is 0 Å². The van der Waals surface area contributed by atoms with Crippen LogP contribution in [-0.4, -0.2) is 35.4 Å². The molecule has 1 aliphatic rings. The lowest BCUT2D eigenvalue weighted by atomic mass is 9.99. The van der Waals surface area contributed by atoms with Crippen molar-refractivity contribution in [3.63, 3.8) is 0 Å². The van der Waals surface area contributed by atoms with Gasteiger partial charge < -0.3 is 5.32 Å². The van der Waals surface area contributed by atoms with Crippen LogP contribution in [0, 0.1) is 11.8 Å². The van der Waals surface area contributed by atoms with Gasteiger partial charge in [0, 0.05) is 26.1 Å². The standard InChI is InChI=1S/C25H23N3OS/c29-25(24-10-6-18-30-24)27-23-12-11-22(26-19-23)9-4-5-15-28-16-13-21(14-17-28)20-7-2-1-3-8-20/h1-3,6-8,10-13,18-19H,5,14-17H2,(H,27,29). The van der Waals surface area contributed by atoms with E-state index in [4.69, 9.17) is 0 Å². The second-order valence-electron chi connectivity index (χ2n) is 7.06. The van der Waals surface area contributed by atoms with E-state index in [1.807, 2.05) is 23.6 Å². The summed E-state index contributed by atoms with van der Waals surface area (Å²) >= 11 is 1.42. The van der Waals surface area contributed by atoms with Crippen LogP contribution in [-0.2, 0) is 0 Å². The summed E-state index contributed by atoms with van der Waals surface area (Å²) in [7, 11) is 0. The molecule has 0 saturated heterocycles. The summed E-state index contributed by atoms with van der Waals surface area (Å²) in [6.07, 6.45) is 5.87. The maximum atomic E-state index is 12.1. The van der Waals surface area contributed by atoms with Gasteiger partial charge in [-0.3, -0.25) is 9.69 Å². The molecular weight excluding hydrogens is 390 g/mol. The van der Waals surface area contributed by atoms with Gasteiger partial charge in [0.25, 0.3) is 5.91 Å². The van der Waals surface area contributed by atoms with Gasteiger partial charge in [-0.2, -0.15) is 0 Å². The van der Waals surface area contributed by atoms with Crippen molar-refractivity contribution in [2.75, 3.05) is 25.0 Å². The van der Waals surface area contributed by atoms with E-state index in [-0.39, 0.29) is 5.91 Å². The second kappa shape index (κ2) is 10.0. The Morgan fingerprint density at radius 1 is 1.13 bits per heavy atom. The van der Waals surface area contributed by atoms with E-state index in [9.17, 15) is 4.79 Å². The summed E-state index contributed by atoms with van der Waals surface area (Å²) in [5.74, 6) is 6.21. The van der Waals surface area contributed by atoms with Gasteiger partial charge in [-0.15, -0.1) is 11.3 Å². The second-order valence-corrected chi connectivity index (χ2v) is 8.01. The van der Waals surface area contributed by atoms with Crippen LogP contribution >= 0.6 is 11.3 Å². The van der Waals surface area contributed by atoms with Crippen LogP contribution in [0.15, 0.2) is 72.3 Å². The van der Waals surface area contributed by atoms with Gasteiger partial charge in [0.2, 0.25) is 0 Å². The van der Waals surface area contributed by atoms with Crippen molar-refractivity contribution in [2.45, 2.75) is 12.8 Å². The zero-order valence-corrected chi connectivity index (χ0v) is 17.5. The maximum absolute atomic E-state index is 12.1. The highest BCUT2D eigenvalue weighted by atomic mass is 32.1. The molecule has 0 aliphatic carbocycles. The smallest absolute Gasteiger partial charge is 0.265 e. The maximum Gasteiger partial charge on any atom is 0.265 e. The molecule has 1 aliphatic heterocycles. The molecule has 1 aromatic carbocycles. The number of nitrogens with zero attached hydrogens (tertiary/aromatic N) is 2. The Kier molecular flexibility index (Phi) is 6.71. The van der Waals surface area contributed by atoms with Crippen LogP contribution in [0.2, 0.25) is 0 Å². The van der Waals surface area contributed by atoms with Crippen molar-refractivity contribution < 1.29 is 4.79 Å². The van der Waals surface area contributed by atoms with Crippen LogP contribution in [0.4, 0.5) is 5.69 Å². The largest absolute Gasteiger partial charge is 0.320 e. The Balaban J connectivity index is 1.23. The fraction of sp³-hybridized carbons (Fsp3) is 0.200. The average molecular weight is 414 g/mol. The highest BCUT2D eigenvalue weighted by Crippen LogP contribution is 2.21. The number of carbonyl (C=O) groups is 1. The Morgan fingerprint density at radius 2 is 2.03 bits per heavy atom. The minimum Gasteiger partial charge on any atom is -0.320 e. The molecular formula is C25H23N3OS. The van der Waals surface area contributed by atoms with E-state index in [1.165, 1.54) is 22.5 Å². The first-order valence-electron chi connectivity index (χ1n) is 10.0. The van der Waals surface area contributed by atoms with E-state index in [0.29, 0.717) is 16.3 Å². The van der Waals surface area contributed by atoms with Crippen molar-refractivity contribution in [2.24, 2.45) is 0 Å². The van der Waals surface area contributed by atoms with Gasteiger partial charge in [-0.25, -0.2) is 4.98 Å². The third-order valence-corrected chi connectivity index (χ3v) is 5.84. The van der Waals surface area contributed by atoms with Gasteiger partial charge in [0.05, 0.1) is 16.8 Å². The quantitative estimate of drug-likeness (QED) is 0.604. The topological polar surface area (TPSA) is 45.2 Å². The molecule has 4 rings (SSSR count). The summed E-state index contributed by atoms with van der Waals surface area (Å²) in [5, 5.41) is 4.73. The van der Waals surface area contributed by atoms with Crippen LogP contribution in [0.25, 0.3) is 5.57 Å². The molecule has 30 heavy (non-hydrogen) atoms. The lowest BCUT2D eigenvalue weighted by molar-refractivity contribution is 0.103. The molecule has 0 bridgehead atoms. The average Bonchev–Trinajstić information content (AvgIpc) is 3.34. The summed E-state index contributed by atoms with van der Waals surface area (Å²) in [6.45, 7) is 3.00. The number of benzene rings is 1.